The van der Waals surface area contributed by atoms with Gasteiger partial charge < -0.3 is 9.84 Å². The van der Waals surface area contributed by atoms with Gasteiger partial charge in [0.1, 0.15) is 0 Å². The van der Waals surface area contributed by atoms with Crippen LogP contribution in [0.3, 0.4) is 0 Å². The second-order valence-electron chi connectivity index (χ2n) is 3.64. The highest BCUT2D eigenvalue weighted by Crippen LogP contribution is 2.31. The third kappa shape index (κ3) is 2.13. The monoisotopic (exact) mass is 226 g/mol. The van der Waals surface area contributed by atoms with E-state index in [0.717, 1.165) is 5.56 Å². The summed E-state index contributed by atoms with van der Waals surface area (Å²) in [5.74, 6) is -1.29. The number of carboxylic acid groups (broad SMARTS) is 1. The normalized spacial score (nSPS) is 25.4. The van der Waals surface area contributed by atoms with Crippen LogP contribution in [0.15, 0.2) is 24.3 Å². The summed E-state index contributed by atoms with van der Waals surface area (Å²) in [6, 6.07) is 7.26. The molecule has 3 nitrogen and oxygen atoms in total. The van der Waals surface area contributed by atoms with Gasteiger partial charge in [0.2, 0.25) is 0 Å². The highest BCUT2D eigenvalue weighted by Gasteiger charge is 2.34. The Kier molecular flexibility index (Phi) is 2.93. The number of rotatable bonds is 2. The summed E-state index contributed by atoms with van der Waals surface area (Å²) in [4.78, 5) is 10.9. The van der Waals surface area contributed by atoms with Gasteiger partial charge in [0.05, 0.1) is 19.1 Å². The average molecular weight is 227 g/mol. The number of benzene rings is 1. The summed E-state index contributed by atoms with van der Waals surface area (Å²) in [5, 5.41) is 9.65. The van der Waals surface area contributed by atoms with Crippen LogP contribution in [0.2, 0.25) is 5.02 Å². The first-order chi connectivity index (χ1) is 7.18. The van der Waals surface area contributed by atoms with Crippen molar-refractivity contribution < 1.29 is 14.6 Å². The van der Waals surface area contributed by atoms with E-state index in [1.165, 1.54) is 0 Å². The van der Waals surface area contributed by atoms with Crippen molar-refractivity contribution in [3.05, 3.63) is 34.9 Å². The fraction of sp³-hybridized carbons (Fsp3) is 0.364. The summed E-state index contributed by atoms with van der Waals surface area (Å²) in [6.07, 6.45) is 0. The Morgan fingerprint density at radius 2 is 2.00 bits per heavy atom. The quantitative estimate of drug-likeness (QED) is 0.841. The number of carbonyl (C=O) groups is 1. The van der Waals surface area contributed by atoms with E-state index in [1.54, 1.807) is 12.1 Å². The minimum absolute atomic E-state index is 0.0558. The summed E-state index contributed by atoms with van der Waals surface area (Å²) in [7, 11) is 0. The maximum absolute atomic E-state index is 10.9. The molecule has 2 unspecified atom stereocenters. The lowest BCUT2D eigenvalue weighted by Gasteiger charge is -2.13. The van der Waals surface area contributed by atoms with Crippen molar-refractivity contribution in [2.24, 2.45) is 5.92 Å². The molecule has 0 radical (unpaired) electrons. The fourth-order valence-electron chi connectivity index (χ4n) is 1.84. The lowest BCUT2D eigenvalue weighted by molar-refractivity contribution is -0.142. The molecule has 1 aromatic carbocycles. The van der Waals surface area contributed by atoms with Crippen LogP contribution in [0.1, 0.15) is 11.5 Å². The van der Waals surface area contributed by atoms with Gasteiger partial charge in [-0.3, -0.25) is 4.79 Å². The van der Waals surface area contributed by atoms with Gasteiger partial charge in [0, 0.05) is 10.9 Å². The van der Waals surface area contributed by atoms with Crippen LogP contribution in [0.5, 0.6) is 0 Å². The lowest BCUT2D eigenvalue weighted by Crippen LogP contribution is -2.20. The Labute approximate surface area is 92.6 Å². The first-order valence-electron chi connectivity index (χ1n) is 4.74. The van der Waals surface area contributed by atoms with E-state index >= 15 is 0 Å². The predicted molar refractivity (Wildman–Crippen MR) is 56.1 cm³/mol. The minimum Gasteiger partial charge on any atom is -0.481 e. The number of ether oxygens (including phenoxy) is 1. The average Bonchev–Trinajstić information content (AvgIpc) is 2.67. The fourth-order valence-corrected chi connectivity index (χ4v) is 1.96. The van der Waals surface area contributed by atoms with Gasteiger partial charge in [-0.25, -0.2) is 0 Å². The Morgan fingerprint density at radius 1 is 1.33 bits per heavy atom. The van der Waals surface area contributed by atoms with Gasteiger partial charge >= 0.3 is 5.97 Å². The molecule has 15 heavy (non-hydrogen) atoms. The van der Waals surface area contributed by atoms with Crippen molar-refractivity contribution in [1.29, 1.82) is 0 Å². The molecular weight excluding hydrogens is 216 g/mol. The first kappa shape index (κ1) is 10.5. The van der Waals surface area contributed by atoms with E-state index in [9.17, 15) is 4.79 Å². The molecule has 1 aliphatic rings. The van der Waals surface area contributed by atoms with Gasteiger partial charge in [-0.2, -0.15) is 0 Å². The van der Waals surface area contributed by atoms with Crippen molar-refractivity contribution >= 4 is 17.6 Å². The number of aliphatic carboxylic acids is 1. The van der Waals surface area contributed by atoms with Gasteiger partial charge in [-0.05, 0) is 17.7 Å². The van der Waals surface area contributed by atoms with Crippen molar-refractivity contribution in [3.63, 3.8) is 0 Å². The molecule has 0 saturated carbocycles. The number of carboxylic acids is 1. The zero-order chi connectivity index (χ0) is 10.8. The maximum Gasteiger partial charge on any atom is 0.309 e. The van der Waals surface area contributed by atoms with Crippen LogP contribution >= 0.6 is 11.6 Å². The van der Waals surface area contributed by atoms with E-state index in [1.807, 2.05) is 12.1 Å². The van der Waals surface area contributed by atoms with Gasteiger partial charge in [-0.15, -0.1) is 0 Å². The second kappa shape index (κ2) is 4.21. The third-order valence-corrected chi connectivity index (χ3v) is 2.95. The van der Waals surface area contributed by atoms with Crippen LogP contribution in [0.4, 0.5) is 0 Å². The van der Waals surface area contributed by atoms with Crippen molar-refractivity contribution in [2.45, 2.75) is 5.92 Å². The van der Waals surface area contributed by atoms with Crippen LogP contribution in [-0.4, -0.2) is 24.3 Å². The Balaban J connectivity index is 2.22. The third-order valence-electron chi connectivity index (χ3n) is 2.70. The zero-order valence-electron chi connectivity index (χ0n) is 8.02. The molecule has 1 heterocycles. The molecule has 1 aromatic rings. The molecule has 0 aliphatic carbocycles. The molecule has 0 bridgehead atoms. The van der Waals surface area contributed by atoms with E-state index in [4.69, 9.17) is 21.4 Å². The smallest absolute Gasteiger partial charge is 0.309 e. The highest BCUT2D eigenvalue weighted by atomic mass is 35.5. The van der Waals surface area contributed by atoms with Gasteiger partial charge in [0.15, 0.2) is 0 Å². The molecule has 2 atom stereocenters. The second-order valence-corrected chi connectivity index (χ2v) is 4.08. The molecule has 1 aliphatic heterocycles. The van der Waals surface area contributed by atoms with Gasteiger partial charge in [-0.1, -0.05) is 23.7 Å². The molecule has 80 valence electrons. The summed E-state index contributed by atoms with van der Waals surface area (Å²) in [6.45, 7) is 0.765. The Hall–Kier alpha value is -1.06. The standard InChI is InChI=1S/C11H11ClO3/c12-8-3-1-7(2-4-8)9-5-15-6-10(9)11(13)14/h1-4,9-10H,5-6H2,(H,13,14). The Morgan fingerprint density at radius 3 is 2.60 bits per heavy atom. The molecular formula is C11H11ClO3. The van der Waals surface area contributed by atoms with Crippen molar-refractivity contribution in [3.8, 4) is 0 Å². The molecule has 1 fully saturated rings. The SMILES string of the molecule is O=C(O)C1COCC1c1ccc(Cl)cc1. The molecule has 0 amide bonds. The summed E-state index contributed by atoms with van der Waals surface area (Å²) in [5.41, 5.74) is 0.976. The minimum atomic E-state index is -0.799. The summed E-state index contributed by atoms with van der Waals surface area (Å²) < 4.78 is 5.20. The maximum atomic E-state index is 10.9. The molecule has 4 heteroatoms. The van der Waals surface area contributed by atoms with E-state index in [2.05, 4.69) is 0 Å². The van der Waals surface area contributed by atoms with Gasteiger partial charge in [0.25, 0.3) is 0 Å². The number of hydrogen-bond donors (Lipinski definition) is 1. The van der Waals surface area contributed by atoms with Crippen LogP contribution in [0, 0.1) is 5.92 Å². The first-order valence-corrected chi connectivity index (χ1v) is 5.12. The molecule has 1 saturated heterocycles. The molecule has 1 N–H and O–H groups in total. The highest BCUT2D eigenvalue weighted by molar-refractivity contribution is 6.30. The van der Waals surface area contributed by atoms with E-state index in [0.29, 0.717) is 18.2 Å². The van der Waals surface area contributed by atoms with E-state index in [-0.39, 0.29) is 5.92 Å². The predicted octanol–water partition coefficient (Wildman–Crippen LogP) is 2.15. The number of hydrogen-bond acceptors (Lipinski definition) is 2. The zero-order valence-corrected chi connectivity index (χ0v) is 8.78. The number of halogens is 1. The van der Waals surface area contributed by atoms with Crippen LogP contribution < -0.4 is 0 Å². The molecule has 0 spiro atoms. The topological polar surface area (TPSA) is 46.5 Å². The van der Waals surface area contributed by atoms with Crippen LogP contribution in [-0.2, 0) is 9.53 Å². The Bertz CT molecular complexity index is 361. The van der Waals surface area contributed by atoms with E-state index < -0.39 is 11.9 Å². The summed E-state index contributed by atoms with van der Waals surface area (Å²) >= 11 is 5.77. The molecule has 0 aromatic heterocycles. The van der Waals surface area contributed by atoms with Crippen molar-refractivity contribution in [1.82, 2.24) is 0 Å². The van der Waals surface area contributed by atoms with Crippen LogP contribution in [0.25, 0.3) is 0 Å². The molecule has 2 rings (SSSR count). The van der Waals surface area contributed by atoms with Crippen molar-refractivity contribution in [2.75, 3.05) is 13.2 Å². The largest absolute Gasteiger partial charge is 0.481 e. The lowest BCUT2D eigenvalue weighted by atomic mass is 9.89.